The van der Waals surface area contributed by atoms with Gasteiger partial charge in [0.1, 0.15) is 0 Å². The highest BCUT2D eigenvalue weighted by Gasteiger charge is 2.68. The standard InChI is InChI=1S/C18H16O7/c1-5-3-6-7-4-8(23-2)12(14-11(7)16(20)25-18(14)22)10(6)13-9(5)15(19)24-17(13)21/h3-5,7,9-14H,1-2H3. The molecule has 25 heavy (non-hydrogen) atoms. The molecule has 0 aromatic carbocycles. The van der Waals surface area contributed by atoms with Crippen LogP contribution in [0.25, 0.3) is 0 Å². The number of cyclic esters (lactones) is 4. The molecule has 2 bridgehead atoms. The van der Waals surface area contributed by atoms with Gasteiger partial charge in [-0.15, -0.1) is 0 Å². The van der Waals surface area contributed by atoms with Gasteiger partial charge in [0, 0.05) is 17.8 Å². The van der Waals surface area contributed by atoms with Crippen molar-refractivity contribution in [3.63, 3.8) is 0 Å². The summed E-state index contributed by atoms with van der Waals surface area (Å²) in [7, 11) is 1.51. The zero-order valence-corrected chi connectivity index (χ0v) is 13.6. The molecule has 0 spiro atoms. The highest BCUT2D eigenvalue weighted by atomic mass is 16.6. The van der Waals surface area contributed by atoms with Gasteiger partial charge in [-0.2, -0.15) is 0 Å². The average molecular weight is 344 g/mol. The number of carbonyl (C=O) groups is 4. The molecule has 6 aliphatic rings. The molecule has 6 rings (SSSR count). The first-order valence-corrected chi connectivity index (χ1v) is 8.42. The van der Waals surface area contributed by atoms with Crippen molar-refractivity contribution < 1.29 is 33.4 Å². The van der Waals surface area contributed by atoms with E-state index in [1.165, 1.54) is 7.11 Å². The number of fused-ring (bicyclic) bond motifs is 1. The third kappa shape index (κ3) is 1.61. The molecule has 2 heterocycles. The van der Waals surface area contributed by atoms with Crippen molar-refractivity contribution in [1.29, 1.82) is 0 Å². The number of ether oxygens (including phenoxy) is 3. The maximum Gasteiger partial charge on any atom is 0.318 e. The van der Waals surface area contributed by atoms with Crippen LogP contribution in [-0.2, 0) is 33.4 Å². The smallest absolute Gasteiger partial charge is 0.318 e. The molecule has 2 saturated heterocycles. The molecule has 1 saturated carbocycles. The number of hydrogen-bond donors (Lipinski definition) is 0. The summed E-state index contributed by atoms with van der Waals surface area (Å²) in [6.07, 6.45) is 3.84. The minimum Gasteiger partial charge on any atom is -0.501 e. The molecule has 0 amide bonds. The van der Waals surface area contributed by atoms with Gasteiger partial charge in [-0.05, 0) is 12.0 Å². The minimum absolute atomic E-state index is 0.166. The SMILES string of the molecule is COC1=CC2C3=CC(C)C4C(=O)OC(=O)C4C3C1C1C(=O)OC(=O)C21. The van der Waals surface area contributed by atoms with E-state index >= 15 is 0 Å². The molecule has 7 heteroatoms. The Kier molecular flexibility index (Phi) is 2.73. The molecule has 0 aromatic heterocycles. The number of methoxy groups -OCH3 is 1. The van der Waals surface area contributed by atoms with Gasteiger partial charge >= 0.3 is 23.9 Å². The highest BCUT2D eigenvalue weighted by Crippen LogP contribution is 2.62. The van der Waals surface area contributed by atoms with Crippen molar-refractivity contribution in [2.24, 2.45) is 47.3 Å². The van der Waals surface area contributed by atoms with Crippen molar-refractivity contribution in [2.75, 3.05) is 7.11 Å². The summed E-state index contributed by atoms with van der Waals surface area (Å²) in [6.45, 7) is 1.87. The quantitative estimate of drug-likeness (QED) is 0.390. The van der Waals surface area contributed by atoms with Crippen LogP contribution < -0.4 is 0 Å². The summed E-state index contributed by atoms with van der Waals surface area (Å²) in [5.41, 5.74) is 0.930. The molecule has 2 aliphatic heterocycles. The summed E-state index contributed by atoms with van der Waals surface area (Å²) >= 11 is 0. The molecule has 3 fully saturated rings. The average Bonchev–Trinajstić information content (AvgIpc) is 3.05. The molecular weight excluding hydrogens is 328 g/mol. The Bertz CT molecular complexity index is 806. The fraction of sp³-hybridized carbons (Fsp3) is 0.556. The topological polar surface area (TPSA) is 96.0 Å². The number of carbonyl (C=O) groups excluding carboxylic acids is 4. The fourth-order valence-corrected chi connectivity index (χ4v) is 5.68. The van der Waals surface area contributed by atoms with Gasteiger partial charge in [0.15, 0.2) is 0 Å². The van der Waals surface area contributed by atoms with Crippen molar-refractivity contribution in [1.82, 2.24) is 0 Å². The zero-order chi connectivity index (χ0) is 17.6. The predicted molar refractivity (Wildman–Crippen MR) is 79.0 cm³/mol. The summed E-state index contributed by atoms with van der Waals surface area (Å²) in [6, 6.07) is 0. The van der Waals surface area contributed by atoms with E-state index in [4.69, 9.17) is 14.2 Å². The van der Waals surface area contributed by atoms with E-state index in [1.807, 2.05) is 19.1 Å². The molecule has 7 nitrogen and oxygen atoms in total. The fourth-order valence-electron chi connectivity index (χ4n) is 5.68. The second-order valence-electron chi connectivity index (χ2n) is 7.46. The maximum absolute atomic E-state index is 12.4. The van der Waals surface area contributed by atoms with Crippen LogP contribution in [0.15, 0.2) is 23.5 Å². The maximum atomic E-state index is 12.4. The van der Waals surface area contributed by atoms with Crippen LogP contribution in [0, 0.1) is 47.3 Å². The lowest BCUT2D eigenvalue weighted by molar-refractivity contribution is -0.156. The van der Waals surface area contributed by atoms with Crippen molar-refractivity contribution in [2.45, 2.75) is 6.92 Å². The number of allylic oxidation sites excluding steroid dienone is 4. The van der Waals surface area contributed by atoms with E-state index in [2.05, 4.69) is 0 Å². The molecule has 8 atom stereocenters. The van der Waals surface area contributed by atoms with Crippen LogP contribution in [0.3, 0.4) is 0 Å². The van der Waals surface area contributed by atoms with E-state index in [0.717, 1.165) is 5.57 Å². The van der Waals surface area contributed by atoms with Gasteiger partial charge in [0.25, 0.3) is 0 Å². The number of hydrogen-bond acceptors (Lipinski definition) is 7. The molecule has 4 aliphatic carbocycles. The second-order valence-corrected chi connectivity index (χ2v) is 7.46. The summed E-state index contributed by atoms with van der Waals surface area (Å²) in [5, 5.41) is 0. The van der Waals surface area contributed by atoms with E-state index in [9.17, 15) is 19.2 Å². The van der Waals surface area contributed by atoms with E-state index in [-0.39, 0.29) is 17.8 Å². The van der Waals surface area contributed by atoms with Crippen LogP contribution in [0.1, 0.15) is 6.92 Å². The highest BCUT2D eigenvalue weighted by molar-refractivity contribution is 6.00. The molecular formula is C18H16O7. The third-order valence-corrected chi connectivity index (χ3v) is 6.51. The first-order valence-electron chi connectivity index (χ1n) is 8.42. The first-order chi connectivity index (χ1) is 11.9. The zero-order valence-electron chi connectivity index (χ0n) is 13.6. The lowest BCUT2D eigenvalue weighted by Crippen LogP contribution is -2.53. The third-order valence-electron chi connectivity index (χ3n) is 6.51. The molecule has 130 valence electrons. The molecule has 0 aromatic rings. The second kappa shape index (κ2) is 4.59. The monoisotopic (exact) mass is 344 g/mol. The van der Waals surface area contributed by atoms with Gasteiger partial charge in [-0.1, -0.05) is 18.6 Å². The normalized spacial score (nSPS) is 46.6. The summed E-state index contributed by atoms with van der Waals surface area (Å²) in [5.74, 6) is -5.36. The van der Waals surface area contributed by atoms with Crippen molar-refractivity contribution in [3.05, 3.63) is 23.5 Å². The van der Waals surface area contributed by atoms with Crippen LogP contribution in [0.2, 0.25) is 0 Å². The Balaban J connectivity index is 1.72. The van der Waals surface area contributed by atoms with Gasteiger partial charge in [-0.25, -0.2) is 0 Å². The van der Waals surface area contributed by atoms with E-state index in [0.29, 0.717) is 5.76 Å². The summed E-state index contributed by atoms with van der Waals surface area (Å²) in [4.78, 5) is 49.1. The van der Waals surface area contributed by atoms with Crippen LogP contribution in [0.5, 0.6) is 0 Å². The summed E-state index contributed by atoms with van der Waals surface area (Å²) < 4.78 is 15.3. The first kappa shape index (κ1) is 14.9. The lowest BCUT2D eigenvalue weighted by atomic mass is 9.49. The van der Waals surface area contributed by atoms with Crippen LogP contribution >= 0.6 is 0 Å². The molecule has 0 radical (unpaired) electrons. The van der Waals surface area contributed by atoms with Gasteiger partial charge in [0.2, 0.25) is 0 Å². The number of rotatable bonds is 1. The largest absolute Gasteiger partial charge is 0.501 e. The number of esters is 4. The van der Waals surface area contributed by atoms with E-state index < -0.39 is 53.5 Å². The Labute approximate surface area is 143 Å². The van der Waals surface area contributed by atoms with Crippen molar-refractivity contribution in [3.8, 4) is 0 Å². The molecule has 0 N–H and O–H groups in total. The predicted octanol–water partition coefficient (Wildman–Crippen LogP) is 0.600. The van der Waals surface area contributed by atoms with Crippen LogP contribution in [-0.4, -0.2) is 31.0 Å². The Hall–Kier alpha value is -2.44. The van der Waals surface area contributed by atoms with Crippen LogP contribution in [0.4, 0.5) is 0 Å². The Morgan fingerprint density at radius 2 is 1.32 bits per heavy atom. The Morgan fingerprint density at radius 1 is 0.760 bits per heavy atom. The van der Waals surface area contributed by atoms with Gasteiger partial charge in [-0.3, -0.25) is 19.2 Å². The van der Waals surface area contributed by atoms with Gasteiger partial charge < -0.3 is 14.2 Å². The van der Waals surface area contributed by atoms with Gasteiger partial charge in [0.05, 0.1) is 36.5 Å². The van der Waals surface area contributed by atoms with E-state index in [1.54, 1.807) is 0 Å². The molecule has 8 unspecified atom stereocenters. The lowest BCUT2D eigenvalue weighted by Gasteiger charge is -2.51. The Morgan fingerprint density at radius 3 is 1.96 bits per heavy atom. The van der Waals surface area contributed by atoms with Crippen molar-refractivity contribution >= 4 is 23.9 Å². The minimum atomic E-state index is -0.669.